The molecular weight excluding hydrogens is 252 g/mol. The van der Waals surface area contributed by atoms with Gasteiger partial charge in [-0.3, -0.25) is 4.79 Å². The molecule has 0 saturated heterocycles. The Hall–Kier alpha value is -1.65. The average Bonchev–Trinajstić information content (AvgIpc) is 2.43. The molecular formula is C16H22N2O2. The first-order valence-electron chi connectivity index (χ1n) is 6.95. The lowest BCUT2D eigenvalue weighted by molar-refractivity contribution is 0.146. The SMILES string of the molecule is COCC(NCc1cc2ccccc2[nH]c1=O)C(C)C. The fraction of sp³-hybridized carbons (Fsp3) is 0.438. The lowest BCUT2D eigenvalue weighted by Crippen LogP contribution is -2.38. The van der Waals surface area contributed by atoms with Gasteiger partial charge in [0.2, 0.25) is 0 Å². The average molecular weight is 274 g/mol. The fourth-order valence-corrected chi connectivity index (χ4v) is 2.23. The summed E-state index contributed by atoms with van der Waals surface area (Å²) >= 11 is 0. The standard InChI is InChI=1S/C16H22N2O2/c1-11(2)15(10-20-3)17-9-13-8-12-6-4-5-7-14(12)18-16(13)19/h4-8,11,15,17H,9-10H2,1-3H3,(H,18,19). The normalized spacial score (nSPS) is 13.0. The number of pyridine rings is 1. The van der Waals surface area contributed by atoms with Crippen LogP contribution in [0.3, 0.4) is 0 Å². The van der Waals surface area contributed by atoms with Gasteiger partial charge in [-0.1, -0.05) is 32.0 Å². The highest BCUT2D eigenvalue weighted by molar-refractivity contribution is 5.78. The van der Waals surface area contributed by atoms with Gasteiger partial charge in [0.25, 0.3) is 5.56 Å². The Morgan fingerprint density at radius 3 is 2.75 bits per heavy atom. The third-order valence-electron chi connectivity index (χ3n) is 3.54. The van der Waals surface area contributed by atoms with Crippen LogP contribution in [0.1, 0.15) is 19.4 Å². The second-order valence-electron chi connectivity index (χ2n) is 5.40. The number of hydrogen-bond donors (Lipinski definition) is 2. The number of H-pyrrole nitrogens is 1. The zero-order chi connectivity index (χ0) is 14.5. The van der Waals surface area contributed by atoms with Crippen molar-refractivity contribution in [1.29, 1.82) is 0 Å². The number of para-hydroxylation sites is 1. The van der Waals surface area contributed by atoms with E-state index in [2.05, 4.69) is 24.1 Å². The number of methoxy groups -OCH3 is 1. The summed E-state index contributed by atoms with van der Waals surface area (Å²) in [5, 5.41) is 4.45. The summed E-state index contributed by atoms with van der Waals surface area (Å²) in [4.78, 5) is 15.0. The second-order valence-corrected chi connectivity index (χ2v) is 5.40. The van der Waals surface area contributed by atoms with Crippen molar-refractivity contribution in [2.24, 2.45) is 5.92 Å². The van der Waals surface area contributed by atoms with E-state index < -0.39 is 0 Å². The molecule has 0 aliphatic heterocycles. The van der Waals surface area contributed by atoms with Gasteiger partial charge in [-0.25, -0.2) is 0 Å². The minimum Gasteiger partial charge on any atom is -0.383 e. The Kier molecular flexibility index (Phi) is 4.93. The molecule has 0 amide bonds. The smallest absolute Gasteiger partial charge is 0.252 e. The van der Waals surface area contributed by atoms with Crippen LogP contribution >= 0.6 is 0 Å². The zero-order valence-electron chi connectivity index (χ0n) is 12.3. The van der Waals surface area contributed by atoms with E-state index in [0.717, 1.165) is 16.5 Å². The highest BCUT2D eigenvalue weighted by Crippen LogP contribution is 2.10. The minimum atomic E-state index is -0.0314. The van der Waals surface area contributed by atoms with E-state index in [1.165, 1.54) is 0 Å². The van der Waals surface area contributed by atoms with E-state index in [0.29, 0.717) is 19.1 Å². The van der Waals surface area contributed by atoms with E-state index in [-0.39, 0.29) is 11.6 Å². The van der Waals surface area contributed by atoms with Crippen molar-refractivity contribution in [3.8, 4) is 0 Å². The molecule has 1 unspecified atom stereocenters. The molecule has 108 valence electrons. The molecule has 0 saturated carbocycles. The summed E-state index contributed by atoms with van der Waals surface area (Å²) in [6.45, 7) is 5.47. The Balaban J connectivity index is 2.16. The van der Waals surface area contributed by atoms with Crippen LogP contribution in [0.4, 0.5) is 0 Å². The lowest BCUT2D eigenvalue weighted by Gasteiger charge is -2.21. The fourth-order valence-electron chi connectivity index (χ4n) is 2.23. The van der Waals surface area contributed by atoms with Crippen molar-refractivity contribution in [3.63, 3.8) is 0 Å². The molecule has 2 rings (SSSR count). The number of benzene rings is 1. The first kappa shape index (κ1) is 14.8. The number of nitrogens with one attached hydrogen (secondary N) is 2. The van der Waals surface area contributed by atoms with Crippen LogP contribution in [0.5, 0.6) is 0 Å². The number of ether oxygens (including phenoxy) is 1. The van der Waals surface area contributed by atoms with Gasteiger partial charge in [0.15, 0.2) is 0 Å². The number of aromatic amines is 1. The molecule has 0 bridgehead atoms. The van der Waals surface area contributed by atoms with E-state index in [9.17, 15) is 4.79 Å². The van der Waals surface area contributed by atoms with E-state index in [1.807, 2.05) is 30.3 Å². The van der Waals surface area contributed by atoms with Crippen molar-refractivity contribution in [2.45, 2.75) is 26.4 Å². The molecule has 4 nitrogen and oxygen atoms in total. The quantitative estimate of drug-likeness (QED) is 0.849. The zero-order valence-corrected chi connectivity index (χ0v) is 12.3. The largest absolute Gasteiger partial charge is 0.383 e. The third-order valence-corrected chi connectivity index (χ3v) is 3.54. The molecule has 1 aromatic carbocycles. The van der Waals surface area contributed by atoms with Gasteiger partial charge in [-0.15, -0.1) is 0 Å². The maximum atomic E-state index is 12.0. The van der Waals surface area contributed by atoms with Crippen LogP contribution in [-0.4, -0.2) is 24.7 Å². The Morgan fingerprint density at radius 2 is 2.05 bits per heavy atom. The summed E-state index contributed by atoms with van der Waals surface area (Å²) in [6.07, 6.45) is 0. The lowest BCUT2D eigenvalue weighted by atomic mass is 10.0. The second kappa shape index (κ2) is 6.68. The maximum absolute atomic E-state index is 12.0. The van der Waals surface area contributed by atoms with Crippen LogP contribution in [0.2, 0.25) is 0 Å². The molecule has 1 atom stereocenters. The molecule has 0 radical (unpaired) electrons. The summed E-state index contributed by atoms with van der Waals surface area (Å²) < 4.78 is 5.21. The van der Waals surface area contributed by atoms with E-state index in [4.69, 9.17) is 4.74 Å². The van der Waals surface area contributed by atoms with Crippen LogP contribution in [-0.2, 0) is 11.3 Å². The highest BCUT2D eigenvalue weighted by Gasteiger charge is 2.13. The van der Waals surface area contributed by atoms with Gasteiger partial charge in [-0.05, 0) is 23.4 Å². The Bertz CT molecular complexity index is 619. The van der Waals surface area contributed by atoms with Gasteiger partial charge in [0.05, 0.1) is 6.61 Å². The highest BCUT2D eigenvalue weighted by atomic mass is 16.5. The summed E-state index contributed by atoms with van der Waals surface area (Å²) in [5.74, 6) is 0.453. The minimum absolute atomic E-state index is 0.0314. The molecule has 4 heteroatoms. The molecule has 20 heavy (non-hydrogen) atoms. The molecule has 2 N–H and O–H groups in total. The predicted octanol–water partition coefficient (Wildman–Crippen LogP) is 2.29. The number of aromatic nitrogens is 1. The van der Waals surface area contributed by atoms with Crippen molar-refractivity contribution in [1.82, 2.24) is 10.3 Å². The molecule has 0 fully saturated rings. The van der Waals surface area contributed by atoms with E-state index >= 15 is 0 Å². The third kappa shape index (κ3) is 3.46. The van der Waals surface area contributed by atoms with Gasteiger partial charge in [-0.2, -0.15) is 0 Å². The van der Waals surface area contributed by atoms with Crippen molar-refractivity contribution >= 4 is 10.9 Å². The van der Waals surface area contributed by atoms with E-state index in [1.54, 1.807) is 7.11 Å². The summed E-state index contributed by atoms with van der Waals surface area (Å²) in [7, 11) is 1.69. The van der Waals surface area contributed by atoms with Crippen LogP contribution < -0.4 is 10.9 Å². The van der Waals surface area contributed by atoms with Gasteiger partial charge >= 0.3 is 0 Å². The Morgan fingerprint density at radius 1 is 1.30 bits per heavy atom. The van der Waals surface area contributed by atoms with Crippen LogP contribution in [0, 0.1) is 5.92 Å². The molecule has 1 aromatic heterocycles. The predicted molar refractivity (Wildman–Crippen MR) is 81.9 cm³/mol. The summed E-state index contributed by atoms with van der Waals surface area (Å²) in [6, 6.07) is 10.00. The van der Waals surface area contributed by atoms with Crippen molar-refractivity contribution < 1.29 is 4.74 Å². The molecule has 0 aliphatic carbocycles. The van der Waals surface area contributed by atoms with Crippen molar-refractivity contribution in [3.05, 3.63) is 46.2 Å². The van der Waals surface area contributed by atoms with Gasteiger partial charge < -0.3 is 15.0 Å². The number of rotatable bonds is 6. The first-order valence-corrected chi connectivity index (χ1v) is 6.95. The molecule has 2 aromatic rings. The van der Waals surface area contributed by atoms with Gasteiger partial charge in [0.1, 0.15) is 0 Å². The maximum Gasteiger partial charge on any atom is 0.252 e. The molecule has 0 aliphatic rings. The summed E-state index contributed by atoms with van der Waals surface area (Å²) in [5.41, 5.74) is 1.60. The monoisotopic (exact) mass is 274 g/mol. The van der Waals surface area contributed by atoms with Crippen molar-refractivity contribution in [2.75, 3.05) is 13.7 Å². The topological polar surface area (TPSA) is 54.1 Å². The number of fused-ring (bicyclic) bond motifs is 1. The number of hydrogen-bond acceptors (Lipinski definition) is 3. The van der Waals surface area contributed by atoms with Gasteiger partial charge in [0, 0.05) is 30.8 Å². The first-order chi connectivity index (χ1) is 9.61. The molecule has 0 spiro atoms. The van der Waals surface area contributed by atoms with Crippen LogP contribution in [0.25, 0.3) is 10.9 Å². The molecule has 1 heterocycles. The Labute approximate surface area is 119 Å². The van der Waals surface area contributed by atoms with Crippen LogP contribution in [0.15, 0.2) is 35.1 Å².